The van der Waals surface area contributed by atoms with Crippen molar-refractivity contribution in [1.29, 1.82) is 0 Å². The van der Waals surface area contributed by atoms with E-state index in [1.165, 1.54) is 6.07 Å². The van der Waals surface area contributed by atoms with Crippen LogP contribution < -0.4 is 10.8 Å². The molecular formula is C17H30BN2O9P. The molecule has 1 atom stereocenters. The largest absolute Gasteiger partial charge is 0.488 e. The first-order chi connectivity index (χ1) is 14.1. The zero-order valence-electron chi connectivity index (χ0n) is 17.6. The Morgan fingerprint density at radius 3 is 2.30 bits per heavy atom. The zero-order valence-corrected chi connectivity index (χ0v) is 18.5. The number of unbranched alkanes of at least 4 members (excludes halogenated alkanes) is 1. The first-order valence-corrected chi connectivity index (χ1v) is 11.1. The fourth-order valence-corrected chi connectivity index (χ4v) is 2.12. The molecule has 11 nitrogen and oxygen atoms in total. The van der Waals surface area contributed by atoms with E-state index >= 15 is 0 Å². The second-order valence-corrected chi connectivity index (χ2v) is 7.29. The van der Waals surface area contributed by atoms with E-state index in [-0.39, 0.29) is 29.7 Å². The van der Waals surface area contributed by atoms with E-state index in [1.807, 2.05) is 20.8 Å². The number of nitro benzene ring substituents is 1. The molecule has 0 heterocycles. The summed E-state index contributed by atoms with van der Waals surface area (Å²) in [6.07, 6.45) is 1.63. The molecule has 5 N–H and O–H groups in total. The molecule has 0 aliphatic heterocycles. The molecular weight excluding hydrogens is 418 g/mol. The smallest absolute Gasteiger partial charge is 0.480 e. The van der Waals surface area contributed by atoms with Crippen molar-refractivity contribution in [1.82, 2.24) is 5.32 Å². The summed E-state index contributed by atoms with van der Waals surface area (Å²) in [6, 6.07) is 3.35. The third-order valence-electron chi connectivity index (χ3n) is 3.13. The van der Waals surface area contributed by atoms with E-state index < -0.39 is 32.1 Å². The number of benzene rings is 1. The molecule has 1 aromatic rings. The molecule has 0 fully saturated rings. The zero-order chi connectivity index (χ0) is 23.7. The van der Waals surface area contributed by atoms with Gasteiger partial charge in [-0.25, -0.2) is 4.79 Å². The lowest BCUT2D eigenvalue weighted by atomic mass is 9.79. The SMILES string of the molecule is CC.CCCCNC(=O)c1cc(B(O)O)cc([N+](=O)[O-])c1.CP(CO)OCC(=O)O. The fraction of sp³-hybridized carbons (Fsp3) is 0.529. The summed E-state index contributed by atoms with van der Waals surface area (Å²) >= 11 is 0. The molecule has 0 saturated heterocycles. The lowest BCUT2D eigenvalue weighted by molar-refractivity contribution is -0.384. The average Bonchev–Trinajstić information content (AvgIpc) is 2.73. The molecule has 170 valence electrons. The second-order valence-electron chi connectivity index (χ2n) is 5.49. The molecule has 1 unspecified atom stereocenters. The number of carboxylic acid groups (broad SMARTS) is 1. The molecule has 1 rings (SSSR count). The monoisotopic (exact) mass is 448 g/mol. The van der Waals surface area contributed by atoms with Gasteiger partial charge < -0.3 is 30.1 Å². The summed E-state index contributed by atoms with van der Waals surface area (Å²) in [5.41, 5.74) is -0.408. The highest BCUT2D eigenvalue weighted by atomic mass is 31.1. The molecule has 0 radical (unpaired) electrons. The maximum atomic E-state index is 11.8. The van der Waals surface area contributed by atoms with Gasteiger partial charge in [0.1, 0.15) is 6.61 Å². The van der Waals surface area contributed by atoms with E-state index in [1.54, 1.807) is 6.66 Å². The van der Waals surface area contributed by atoms with Gasteiger partial charge in [-0.2, -0.15) is 0 Å². The number of aliphatic hydroxyl groups excluding tert-OH is 1. The van der Waals surface area contributed by atoms with Crippen molar-refractivity contribution in [2.45, 2.75) is 33.6 Å². The highest BCUT2D eigenvalue weighted by Crippen LogP contribution is 2.29. The maximum absolute atomic E-state index is 11.8. The number of nitrogens with one attached hydrogen (secondary N) is 1. The number of carboxylic acids is 1. The van der Waals surface area contributed by atoms with Gasteiger partial charge in [0.2, 0.25) is 0 Å². The van der Waals surface area contributed by atoms with Gasteiger partial charge in [0, 0.05) is 24.2 Å². The number of nitro groups is 1. The topological polar surface area (TPSA) is 179 Å². The van der Waals surface area contributed by atoms with Gasteiger partial charge in [0.25, 0.3) is 11.6 Å². The minimum atomic E-state index is -1.86. The molecule has 0 aliphatic carbocycles. The average molecular weight is 448 g/mol. The molecule has 30 heavy (non-hydrogen) atoms. The van der Waals surface area contributed by atoms with Crippen LogP contribution in [0.15, 0.2) is 18.2 Å². The normalized spacial score (nSPS) is 10.5. The van der Waals surface area contributed by atoms with Crippen LogP contribution in [0.5, 0.6) is 0 Å². The van der Waals surface area contributed by atoms with E-state index in [4.69, 9.17) is 20.3 Å². The predicted octanol–water partition coefficient (Wildman–Crippen LogP) is 0.895. The van der Waals surface area contributed by atoms with Crippen molar-refractivity contribution in [3.63, 3.8) is 0 Å². The predicted molar refractivity (Wildman–Crippen MR) is 115 cm³/mol. The Balaban J connectivity index is 0. The van der Waals surface area contributed by atoms with Gasteiger partial charge >= 0.3 is 13.1 Å². The van der Waals surface area contributed by atoms with Crippen molar-refractivity contribution in [2.75, 3.05) is 26.2 Å². The Labute approximate surface area is 177 Å². The van der Waals surface area contributed by atoms with E-state index in [0.717, 1.165) is 25.0 Å². The van der Waals surface area contributed by atoms with Crippen molar-refractivity contribution in [2.24, 2.45) is 0 Å². The number of aliphatic hydroxyl groups is 1. The Morgan fingerprint density at radius 2 is 1.87 bits per heavy atom. The van der Waals surface area contributed by atoms with Gasteiger partial charge in [-0.15, -0.1) is 0 Å². The standard InChI is InChI=1S/C11H15BN2O5.C4H9O4P.C2H6/c1-2-3-4-13-11(15)8-5-9(12(16)17)7-10(6-8)14(18)19;1-9(3-5)8-2-4(6)7;1-2/h5-7,16-17H,2-4H2,1H3,(H,13,15);5H,2-3H2,1H3,(H,6,7);1-2H3. The number of nitrogens with zero attached hydrogens (tertiary/aromatic N) is 1. The molecule has 0 bridgehead atoms. The van der Waals surface area contributed by atoms with Crippen LogP contribution in [0.25, 0.3) is 0 Å². The Hall–Kier alpha value is -2.11. The third-order valence-corrected chi connectivity index (χ3v) is 4.10. The molecule has 13 heteroatoms. The van der Waals surface area contributed by atoms with Crippen molar-refractivity contribution >= 4 is 38.3 Å². The van der Waals surface area contributed by atoms with Crippen LogP contribution in [-0.4, -0.2) is 70.3 Å². The second kappa shape index (κ2) is 17.7. The summed E-state index contributed by atoms with van der Waals surface area (Å²) in [5, 5.41) is 47.9. The van der Waals surface area contributed by atoms with E-state index in [2.05, 4.69) is 9.84 Å². The van der Waals surface area contributed by atoms with Crippen LogP contribution in [0.3, 0.4) is 0 Å². The van der Waals surface area contributed by atoms with Crippen LogP contribution in [0.4, 0.5) is 5.69 Å². The number of non-ortho nitro benzene ring substituents is 1. The Bertz CT molecular complexity index is 662. The number of rotatable bonds is 10. The number of carbonyl (C=O) groups excluding carboxylic acids is 1. The summed E-state index contributed by atoms with van der Waals surface area (Å²) in [6.45, 7) is 7.79. The van der Waals surface area contributed by atoms with Crippen LogP contribution in [0.1, 0.15) is 44.0 Å². The maximum Gasteiger partial charge on any atom is 0.488 e. The number of aliphatic carboxylic acids is 1. The number of hydrogen-bond donors (Lipinski definition) is 5. The van der Waals surface area contributed by atoms with Gasteiger partial charge in [0.05, 0.1) is 19.4 Å². The quantitative estimate of drug-likeness (QED) is 0.114. The van der Waals surface area contributed by atoms with E-state index in [0.29, 0.717) is 6.54 Å². The minimum Gasteiger partial charge on any atom is -0.480 e. The molecule has 0 saturated carbocycles. The van der Waals surface area contributed by atoms with Crippen LogP contribution in [-0.2, 0) is 9.32 Å². The lowest BCUT2D eigenvalue weighted by Gasteiger charge is -2.06. The third kappa shape index (κ3) is 14.0. The van der Waals surface area contributed by atoms with Gasteiger partial charge in [-0.3, -0.25) is 14.9 Å². The molecule has 1 aromatic carbocycles. The van der Waals surface area contributed by atoms with Gasteiger partial charge in [-0.1, -0.05) is 27.2 Å². The molecule has 0 aliphatic rings. The molecule has 0 spiro atoms. The highest BCUT2D eigenvalue weighted by molar-refractivity contribution is 7.51. The summed E-state index contributed by atoms with van der Waals surface area (Å²) in [7, 11) is -2.80. The first-order valence-electron chi connectivity index (χ1n) is 9.22. The minimum absolute atomic E-state index is 0.0356. The van der Waals surface area contributed by atoms with Crippen LogP contribution in [0, 0.1) is 10.1 Å². The number of amides is 1. The van der Waals surface area contributed by atoms with Crippen LogP contribution in [0.2, 0.25) is 0 Å². The highest BCUT2D eigenvalue weighted by Gasteiger charge is 2.20. The van der Waals surface area contributed by atoms with Gasteiger partial charge in [-0.05, 0) is 24.6 Å². The van der Waals surface area contributed by atoms with Crippen LogP contribution >= 0.6 is 8.15 Å². The summed E-state index contributed by atoms with van der Waals surface area (Å²) in [4.78, 5) is 31.6. The van der Waals surface area contributed by atoms with Crippen molar-refractivity contribution < 1.29 is 39.3 Å². The summed E-state index contributed by atoms with van der Waals surface area (Å²) < 4.78 is 4.67. The molecule has 0 aromatic heterocycles. The van der Waals surface area contributed by atoms with Crippen molar-refractivity contribution in [3.05, 3.63) is 33.9 Å². The molecule has 1 amide bonds. The fourth-order valence-electron chi connectivity index (χ4n) is 1.71. The van der Waals surface area contributed by atoms with E-state index in [9.17, 15) is 19.7 Å². The van der Waals surface area contributed by atoms with Gasteiger partial charge in [0.15, 0.2) is 0 Å². The Morgan fingerprint density at radius 1 is 1.27 bits per heavy atom. The summed E-state index contributed by atoms with van der Waals surface area (Å²) in [5.74, 6) is -1.48. The Kier molecular flexibility index (Phi) is 17.8. The number of hydrogen-bond acceptors (Lipinski definition) is 8. The first kappa shape index (κ1) is 30.1. The number of carbonyl (C=O) groups is 2. The van der Waals surface area contributed by atoms with Crippen molar-refractivity contribution in [3.8, 4) is 0 Å². The lowest BCUT2D eigenvalue weighted by Crippen LogP contribution is -2.32.